The van der Waals surface area contributed by atoms with E-state index >= 15 is 0 Å². The lowest BCUT2D eigenvalue weighted by Crippen LogP contribution is -2.37. The van der Waals surface area contributed by atoms with Gasteiger partial charge in [-0.05, 0) is 47.4 Å². The molecule has 2 atom stereocenters. The number of hydrogen-bond donors (Lipinski definition) is 1. The summed E-state index contributed by atoms with van der Waals surface area (Å²) in [4.78, 5) is 32.0. The molecule has 0 aromatic carbocycles. The Morgan fingerprint density at radius 3 is 3.12 bits per heavy atom. The molecule has 2 aromatic rings. The number of rotatable bonds is 5. The van der Waals surface area contributed by atoms with Gasteiger partial charge in [-0.1, -0.05) is 6.07 Å². The van der Waals surface area contributed by atoms with Crippen molar-refractivity contribution in [2.45, 2.75) is 31.7 Å². The molecule has 0 bridgehead atoms. The standard InChI is InChI=1S/C19H21N3O2S/c23-18(22-8-4-17-14(12-22)5-9-25-17)3-7-21-19(24)16-10-15(16)13-2-1-6-20-11-13/h1-2,5-6,9,11,15-16H,3-4,7-8,10,12H2,(H,21,24)/t15-,16-/m0/s1. The van der Waals surface area contributed by atoms with Crippen LogP contribution in [-0.4, -0.2) is 34.8 Å². The lowest BCUT2D eigenvalue weighted by molar-refractivity contribution is -0.132. The highest BCUT2D eigenvalue weighted by atomic mass is 32.1. The number of pyridine rings is 1. The number of nitrogens with one attached hydrogen (secondary N) is 1. The molecule has 2 aliphatic rings. The van der Waals surface area contributed by atoms with Crippen LogP contribution in [0.15, 0.2) is 36.0 Å². The first-order valence-electron chi connectivity index (χ1n) is 8.73. The van der Waals surface area contributed by atoms with Crippen LogP contribution in [0, 0.1) is 5.92 Å². The highest BCUT2D eigenvalue weighted by Gasteiger charge is 2.43. The first kappa shape index (κ1) is 16.3. The number of hydrogen-bond acceptors (Lipinski definition) is 4. The van der Waals surface area contributed by atoms with E-state index in [0.29, 0.717) is 19.5 Å². The zero-order chi connectivity index (χ0) is 17.2. The lowest BCUT2D eigenvalue weighted by Gasteiger charge is -2.27. The van der Waals surface area contributed by atoms with Crippen molar-refractivity contribution in [2.75, 3.05) is 13.1 Å². The molecule has 1 N–H and O–H groups in total. The number of amides is 2. The van der Waals surface area contributed by atoms with Gasteiger partial charge in [0.05, 0.1) is 0 Å². The maximum atomic E-state index is 12.4. The summed E-state index contributed by atoms with van der Waals surface area (Å²) < 4.78 is 0. The quantitative estimate of drug-likeness (QED) is 0.895. The van der Waals surface area contributed by atoms with Crippen LogP contribution in [0.25, 0.3) is 0 Å². The highest BCUT2D eigenvalue weighted by molar-refractivity contribution is 7.10. The second-order valence-electron chi connectivity index (χ2n) is 6.71. The van der Waals surface area contributed by atoms with Crippen LogP contribution in [-0.2, 0) is 22.6 Å². The summed E-state index contributed by atoms with van der Waals surface area (Å²) in [5, 5.41) is 5.01. The summed E-state index contributed by atoms with van der Waals surface area (Å²) in [6, 6.07) is 6.02. The Kier molecular flexibility index (Phi) is 4.53. The van der Waals surface area contributed by atoms with E-state index in [4.69, 9.17) is 0 Å². The highest BCUT2D eigenvalue weighted by Crippen LogP contribution is 2.47. The molecule has 0 radical (unpaired) electrons. The Bertz CT molecular complexity index is 774. The van der Waals surface area contributed by atoms with Gasteiger partial charge >= 0.3 is 0 Å². The third-order valence-corrected chi connectivity index (χ3v) is 6.06. The molecule has 1 fully saturated rings. The maximum absolute atomic E-state index is 12.4. The van der Waals surface area contributed by atoms with Gasteiger partial charge in [-0.15, -0.1) is 11.3 Å². The number of aromatic nitrogens is 1. The van der Waals surface area contributed by atoms with Gasteiger partial charge in [-0.25, -0.2) is 0 Å². The van der Waals surface area contributed by atoms with Crippen molar-refractivity contribution in [1.29, 1.82) is 0 Å². The van der Waals surface area contributed by atoms with Crippen molar-refractivity contribution in [3.05, 3.63) is 52.0 Å². The van der Waals surface area contributed by atoms with Gasteiger partial charge in [0.25, 0.3) is 0 Å². The smallest absolute Gasteiger partial charge is 0.224 e. The molecule has 1 aliphatic carbocycles. The van der Waals surface area contributed by atoms with E-state index in [1.165, 1.54) is 10.4 Å². The van der Waals surface area contributed by atoms with Gasteiger partial charge in [0.15, 0.2) is 0 Å². The van der Waals surface area contributed by atoms with E-state index in [0.717, 1.165) is 24.9 Å². The van der Waals surface area contributed by atoms with Crippen molar-refractivity contribution in [1.82, 2.24) is 15.2 Å². The minimum Gasteiger partial charge on any atom is -0.355 e. The molecule has 1 saturated carbocycles. The molecule has 2 amide bonds. The Hall–Kier alpha value is -2.21. The number of nitrogens with zero attached hydrogens (tertiary/aromatic N) is 2. The average Bonchev–Trinajstić information content (AvgIpc) is 3.31. The van der Waals surface area contributed by atoms with Crippen LogP contribution in [0.1, 0.15) is 34.8 Å². The van der Waals surface area contributed by atoms with Crippen LogP contribution in [0.2, 0.25) is 0 Å². The molecule has 0 spiro atoms. The SMILES string of the molecule is O=C(NCCC(=O)N1CCc2sccc2C1)[C@H]1C[C@H]1c1cccnc1. The number of thiophene rings is 1. The van der Waals surface area contributed by atoms with Gasteiger partial charge < -0.3 is 10.2 Å². The molecule has 0 unspecified atom stereocenters. The zero-order valence-corrected chi connectivity index (χ0v) is 14.8. The molecule has 3 heterocycles. The number of fused-ring (bicyclic) bond motifs is 1. The van der Waals surface area contributed by atoms with E-state index in [-0.39, 0.29) is 23.7 Å². The molecule has 25 heavy (non-hydrogen) atoms. The Balaban J connectivity index is 1.21. The second-order valence-corrected chi connectivity index (χ2v) is 7.71. The first-order chi connectivity index (χ1) is 12.2. The maximum Gasteiger partial charge on any atom is 0.224 e. The van der Waals surface area contributed by atoms with Crippen LogP contribution in [0.4, 0.5) is 0 Å². The van der Waals surface area contributed by atoms with E-state index in [1.54, 1.807) is 17.5 Å². The predicted octanol–water partition coefficient (Wildman–Crippen LogP) is 2.34. The Morgan fingerprint density at radius 1 is 1.36 bits per heavy atom. The average molecular weight is 355 g/mol. The first-order valence-corrected chi connectivity index (χ1v) is 9.61. The molecule has 5 nitrogen and oxygen atoms in total. The fourth-order valence-electron chi connectivity index (χ4n) is 3.49. The number of carbonyl (C=O) groups excluding carboxylic acids is 2. The molecular formula is C19H21N3O2S. The van der Waals surface area contributed by atoms with Crippen LogP contribution >= 0.6 is 11.3 Å². The molecule has 2 aromatic heterocycles. The van der Waals surface area contributed by atoms with Crippen molar-refractivity contribution in [3.63, 3.8) is 0 Å². The minimum atomic E-state index is 0.0302. The minimum absolute atomic E-state index is 0.0302. The van der Waals surface area contributed by atoms with E-state index in [1.807, 2.05) is 23.2 Å². The summed E-state index contributed by atoms with van der Waals surface area (Å²) in [6.07, 6.45) is 5.76. The Morgan fingerprint density at radius 2 is 2.28 bits per heavy atom. The van der Waals surface area contributed by atoms with E-state index in [2.05, 4.69) is 21.7 Å². The lowest BCUT2D eigenvalue weighted by atomic mass is 10.1. The summed E-state index contributed by atoms with van der Waals surface area (Å²) in [7, 11) is 0. The van der Waals surface area contributed by atoms with Crippen molar-refractivity contribution in [3.8, 4) is 0 Å². The molecule has 130 valence electrons. The summed E-state index contributed by atoms with van der Waals surface area (Å²) in [5.41, 5.74) is 2.39. The fourth-order valence-corrected chi connectivity index (χ4v) is 4.38. The van der Waals surface area contributed by atoms with Crippen LogP contribution in [0.5, 0.6) is 0 Å². The number of carbonyl (C=O) groups is 2. The Labute approximate surface area is 151 Å². The van der Waals surface area contributed by atoms with Crippen molar-refractivity contribution in [2.24, 2.45) is 5.92 Å². The third-order valence-electron chi connectivity index (χ3n) is 5.04. The van der Waals surface area contributed by atoms with E-state index in [9.17, 15) is 9.59 Å². The topological polar surface area (TPSA) is 62.3 Å². The third kappa shape index (κ3) is 3.58. The largest absolute Gasteiger partial charge is 0.355 e. The molecule has 4 rings (SSSR count). The zero-order valence-electron chi connectivity index (χ0n) is 14.0. The van der Waals surface area contributed by atoms with Crippen LogP contribution in [0.3, 0.4) is 0 Å². The van der Waals surface area contributed by atoms with Crippen molar-refractivity contribution < 1.29 is 9.59 Å². The monoisotopic (exact) mass is 355 g/mol. The normalized spacial score (nSPS) is 21.5. The van der Waals surface area contributed by atoms with E-state index < -0.39 is 0 Å². The van der Waals surface area contributed by atoms with Crippen LogP contribution < -0.4 is 5.32 Å². The van der Waals surface area contributed by atoms with Gasteiger partial charge in [0.2, 0.25) is 11.8 Å². The fraction of sp³-hybridized carbons (Fsp3) is 0.421. The molecule has 0 saturated heterocycles. The summed E-state index contributed by atoms with van der Waals surface area (Å²) >= 11 is 1.77. The molecule has 1 aliphatic heterocycles. The summed E-state index contributed by atoms with van der Waals surface area (Å²) in [5.74, 6) is 0.489. The van der Waals surface area contributed by atoms with Crippen molar-refractivity contribution >= 4 is 23.2 Å². The van der Waals surface area contributed by atoms with Gasteiger partial charge in [-0.3, -0.25) is 14.6 Å². The molecular weight excluding hydrogens is 334 g/mol. The van der Waals surface area contributed by atoms with Gasteiger partial charge in [0.1, 0.15) is 0 Å². The molecule has 6 heteroatoms. The van der Waals surface area contributed by atoms with Gasteiger partial charge in [0, 0.05) is 49.2 Å². The predicted molar refractivity (Wildman–Crippen MR) is 96.2 cm³/mol. The van der Waals surface area contributed by atoms with Gasteiger partial charge in [-0.2, -0.15) is 0 Å². The second kappa shape index (κ2) is 6.96. The summed E-state index contributed by atoms with van der Waals surface area (Å²) in [6.45, 7) is 1.91.